The lowest BCUT2D eigenvalue weighted by molar-refractivity contribution is -0.120. The third-order valence-electron chi connectivity index (χ3n) is 2.68. The van der Waals surface area contributed by atoms with Crippen molar-refractivity contribution < 1.29 is 9.59 Å². The van der Waals surface area contributed by atoms with Gasteiger partial charge in [0.05, 0.1) is 12.2 Å². The van der Waals surface area contributed by atoms with E-state index in [1.54, 1.807) is 12.1 Å². The molecule has 2 amide bonds. The van der Waals surface area contributed by atoms with Crippen LogP contribution >= 0.6 is 22.9 Å². The normalized spacial score (nSPS) is 10.5. The van der Waals surface area contributed by atoms with Crippen LogP contribution in [0.15, 0.2) is 18.2 Å². The topological polar surface area (TPSA) is 84.2 Å². The summed E-state index contributed by atoms with van der Waals surface area (Å²) in [4.78, 5) is 23.7. The molecule has 20 heavy (non-hydrogen) atoms. The number of carbonyl (C=O) groups excluding carboxylic acids is 2. The second-order valence-electron chi connectivity index (χ2n) is 4.12. The van der Waals surface area contributed by atoms with Gasteiger partial charge in [0.25, 0.3) is 5.91 Å². The molecule has 0 atom stereocenters. The number of hydrogen-bond acceptors (Lipinski definition) is 4. The maximum atomic E-state index is 12.0. The Morgan fingerprint density at radius 1 is 1.35 bits per heavy atom. The third kappa shape index (κ3) is 3.02. The number of thiophene rings is 1. The number of hydrogen-bond donors (Lipinski definition) is 3. The quantitative estimate of drug-likeness (QED) is 0.807. The van der Waals surface area contributed by atoms with Crippen molar-refractivity contribution in [2.24, 2.45) is 0 Å². The van der Waals surface area contributed by atoms with E-state index in [0.29, 0.717) is 22.1 Å². The Balaban J connectivity index is 2.18. The number of carbonyl (C=O) groups is 2. The number of rotatable bonds is 4. The maximum absolute atomic E-state index is 12.0. The van der Waals surface area contributed by atoms with Gasteiger partial charge in [-0.25, -0.2) is 0 Å². The Bertz CT molecular complexity index is 669. The largest absolute Gasteiger partial charge is 0.397 e. The van der Waals surface area contributed by atoms with Gasteiger partial charge in [-0.2, -0.15) is 0 Å². The summed E-state index contributed by atoms with van der Waals surface area (Å²) in [7, 11) is 0. The second kappa shape index (κ2) is 6.11. The summed E-state index contributed by atoms with van der Waals surface area (Å²) in [5, 5.41) is 6.47. The van der Waals surface area contributed by atoms with Gasteiger partial charge in [0, 0.05) is 21.7 Å². The molecule has 0 aliphatic rings. The molecule has 106 valence electrons. The van der Waals surface area contributed by atoms with E-state index in [4.69, 9.17) is 17.3 Å². The first-order valence-corrected chi connectivity index (χ1v) is 7.24. The van der Waals surface area contributed by atoms with Gasteiger partial charge in [0.1, 0.15) is 4.88 Å². The molecule has 0 saturated carbocycles. The minimum absolute atomic E-state index is 0.0683. The Labute approximate surface area is 125 Å². The van der Waals surface area contributed by atoms with Crippen LogP contribution in [0.5, 0.6) is 0 Å². The molecular formula is C13H14ClN3O2S. The van der Waals surface area contributed by atoms with Crippen LogP contribution in [0.1, 0.15) is 16.6 Å². The lowest BCUT2D eigenvalue weighted by Crippen LogP contribution is -2.36. The van der Waals surface area contributed by atoms with E-state index in [2.05, 4.69) is 10.6 Å². The first kappa shape index (κ1) is 14.6. The van der Waals surface area contributed by atoms with E-state index in [9.17, 15) is 9.59 Å². The first-order valence-electron chi connectivity index (χ1n) is 6.05. The molecule has 0 fully saturated rings. The monoisotopic (exact) mass is 311 g/mol. The van der Waals surface area contributed by atoms with Gasteiger partial charge in [-0.1, -0.05) is 11.6 Å². The average Bonchev–Trinajstić information content (AvgIpc) is 2.74. The highest BCUT2D eigenvalue weighted by atomic mass is 35.5. The summed E-state index contributed by atoms with van der Waals surface area (Å²) in [6, 6.07) is 5.29. The van der Waals surface area contributed by atoms with Crippen molar-refractivity contribution in [1.82, 2.24) is 10.6 Å². The molecule has 1 aromatic heterocycles. The highest BCUT2D eigenvalue weighted by molar-refractivity contribution is 7.21. The molecule has 0 spiro atoms. The Hall–Kier alpha value is -1.79. The Morgan fingerprint density at radius 2 is 2.10 bits per heavy atom. The number of fused-ring (bicyclic) bond motifs is 1. The number of amides is 2. The molecule has 0 aliphatic heterocycles. The van der Waals surface area contributed by atoms with Crippen molar-refractivity contribution in [1.29, 1.82) is 0 Å². The van der Waals surface area contributed by atoms with Crippen LogP contribution in [0.2, 0.25) is 5.02 Å². The van der Waals surface area contributed by atoms with Crippen LogP contribution < -0.4 is 16.4 Å². The third-order valence-corrected chi connectivity index (χ3v) is 4.10. The molecule has 1 heterocycles. The van der Waals surface area contributed by atoms with Gasteiger partial charge >= 0.3 is 0 Å². The smallest absolute Gasteiger partial charge is 0.263 e. The number of halogens is 1. The Kier molecular flexibility index (Phi) is 4.46. The molecule has 4 N–H and O–H groups in total. The molecule has 7 heteroatoms. The van der Waals surface area contributed by atoms with Gasteiger partial charge in [-0.05, 0) is 25.1 Å². The summed E-state index contributed by atoms with van der Waals surface area (Å²) in [5.74, 6) is -0.588. The predicted molar refractivity (Wildman–Crippen MR) is 82.3 cm³/mol. The summed E-state index contributed by atoms with van der Waals surface area (Å²) in [6.45, 7) is 2.27. The molecular weight excluding hydrogens is 298 g/mol. The summed E-state index contributed by atoms with van der Waals surface area (Å²) >= 11 is 7.19. The van der Waals surface area contributed by atoms with Crippen molar-refractivity contribution in [2.75, 3.05) is 18.8 Å². The fraction of sp³-hybridized carbons (Fsp3) is 0.231. The van der Waals surface area contributed by atoms with Gasteiger partial charge in [0.2, 0.25) is 5.91 Å². The molecule has 0 unspecified atom stereocenters. The lowest BCUT2D eigenvalue weighted by atomic mass is 10.2. The lowest BCUT2D eigenvalue weighted by Gasteiger charge is -2.04. The fourth-order valence-corrected chi connectivity index (χ4v) is 2.95. The molecule has 0 bridgehead atoms. The van der Waals surface area contributed by atoms with Gasteiger partial charge in [0.15, 0.2) is 0 Å². The highest BCUT2D eigenvalue weighted by Gasteiger charge is 2.17. The van der Waals surface area contributed by atoms with E-state index in [-0.39, 0.29) is 18.4 Å². The van der Waals surface area contributed by atoms with Crippen molar-refractivity contribution in [3.8, 4) is 0 Å². The highest BCUT2D eigenvalue weighted by Crippen LogP contribution is 2.35. The zero-order valence-electron chi connectivity index (χ0n) is 10.8. The fourth-order valence-electron chi connectivity index (χ4n) is 1.76. The predicted octanol–water partition coefficient (Wildman–Crippen LogP) is 2.00. The second-order valence-corrected chi connectivity index (χ2v) is 5.61. The number of benzene rings is 1. The van der Waals surface area contributed by atoms with E-state index in [1.807, 2.05) is 13.0 Å². The minimum Gasteiger partial charge on any atom is -0.397 e. The molecule has 2 aromatic rings. The standard InChI is InChI=1S/C13H14ClN3O2S/c1-2-16-10(18)6-17-13(19)12-11(15)8-5-7(14)3-4-9(8)20-12/h3-5H,2,6,15H2,1H3,(H,16,18)(H,17,19). The van der Waals surface area contributed by atoms with Crippen LogP contribution in [0.4, 0.5) is 5.69 Å². The van der Waals surface area contributed by atoms with E-state index < -0.39 is 0 Å². The van der Waals surface area contributed by atoms with Crippen molar-refractivity contribution in [2.45, 2.75) is 6.92 Å². The summed E-state index contributed by atoms with van der Waals surface area (Å²) < 4.78 is 0.884. The number of anilines is 1. The minimum atomic E-state index is -0.355. The van der Waals surface area contributed by atoms with Crippen LogP contribution in [0.3, 0.4) is 0 Å². The average molecular weight is 312 g/mol. The maximum Gasteiger partial charge on any atom is 0.263 e. The van der Waals surface area contributed by atoms with Crippen molar-refractivity contribution in [3.63, 3.8) is 0 Å². The van der Waals surface area contributed by atoms with E-state index in [1.165, 1.54) is 11.3 Å². The van der Waals surface area contributed by atoms with E-state index >= 15 is 0 Å². The van der Waals surface area contributed by atoms with Crippen molar-refractivity contribution in [3.05, 3.63) is 28.1 Å². The van der Waals surface area contributed by atoms with Crippen molar-refractivity contribution >= 4 is 50.5 Å². The van der Waals surface area contributed by atoms with Crippen LogP contribution in [0.25, 0.3) is 10.1 Å². The molecule has 2 rings (SSSR count). The van der Waals surface area contributed by atoms with E-state index in [0.717, 1.165) is 10.1 Å². The Morgan fingerprint density at radius 3 is 2.80 bits per heavy atom. The number of likely N-dealkylation sites (N-methyl/N-ethyl adjacent to an activating group) is 1. The van der Waals surface area contributed by atoms with Gasteiger partial charge < -0.3 is 16.4 Å². The number of nitrogens with two attached hydrogens (primary N) is 1. The van der Waals surface area contributed by atoms with Crippen LogP contribution in [-0.2, 0) is 4.79 Å². The zero-order chi connectivity index (χ0) is 14.7. The number of nitrogen functional groups attached to an aromatic ring is 1. The first-order chi connectivity index (χ1) is 9.52. The summed E-state index contributed by atoms with van der Waals surface area (Å²) in [6.07, 6.45) is 0. The molecule has 0 radical (unpaired) electrons. The zero-order valence-corrected chi connectivity index (χ0v) is 12.4. The van der Waals surface area contributed by atoms with Gasteiger partial charge in [-0.15, -0.1) is 11.3 Å². The van der Waals surface area contributed by atoms with Crippen LogP contribution in [-0.4, -0.2) is 24.9 Å². The molecule has 1 aromatic carbocycles. The van der Waals surface area contributed by atoms with Gasteiger partial charge in [-0.3, -0.25) is 9.59 Å². The SMILES string of the molecule is CCNC(=O)CNC(=O)c1sc2ccc(Cl)cc2c1N. The number of nitrogens with one attached hydrogen (secondary N) is 2. The van der Waals surface area contributed by atoms with Crippen LogP contribution in [0, 0.1) is 0 Å². The summed E-state index contributed by atoms with van der Waals surface area (Å²) in [5.41, 5.74) is 6.35. The molecule has 0 aliphatic carbocycles. The molecule has 0 saturated heterocycles. The molecule has 5 nitrogen and oxygen atoms in total.